The van der Waals surface area contributed by atoms with Gasteiger partial charge < -0.3 is 4.98 Å². The fourth-order valence-corrected chi connectivity index (χ4v) is 3.58. The minimum Gasteiger partial charge on any atom is -0.315 e. The van der Waals surface area contributed by atoms with Gasteiger partial charge in [0.1, 0.15) is 0 Å². The summed E-state index contributed by atoms with van der Waals surface area (Å²) in [5, 5.41) is 8.78. The molecule has 0 saturated carbocycles. The van der Waals surface area contributed by atoms with Crippen LogP contribution in [-0.4, -0.2) is 19.9 Å². The lowest BCUT2D eigenvalue weighted by Crippen LogP contribution is -2.33. The van der Waals surface area contributed by atoms with Gasteiger partial charge in [-0.25, -0.2) is 13.1 Å². The number of hydrogen-bond acceptors (Lipinski definition) is 5. The van der Waals surface area contributed by atoms with Crippen LogP contribution in [0.3, 0.4) is 0 Å². The molecule has 1 heterocycles. The zero-order valence-electron chi connectivity index (χ0n) is 9.70. The lowest BCUT2D eigenvalue weighted by atomic mass is 9.97. The van der Waals surface area contributed by atoms with Crippen LogP contribution in [0.4, 0.5) is 0 Å². The van der Waals surface area contributed by atoms with Gasteiger partial charge >= 0.3 is 4.87 Å². The Labute approximate surface area is 103 Å². The van der Waals surface area contributed by atoms with Gasteiger partial charge in [-0.2, -0.15) is 5.26 Å². The highest BCUT2D eigenvalue weighted by Crippen LogP contribution is 2.17. The number of aromatic amines is 1. The van der Waals surface area contributed by atoms with Gasteiger partial charge in [0.25, 0.3) is 10.0 Å². The lowest BCUT2D eigenvalue weighted by molar-refractivity contribution is 0.479. The third-order valence-corrected chi connectivity index (χ3v) is 5.04. The van der Waals surface area contributed by atoms with Gasteiger partial charge in [0.05, 0.1) is 11.5 Å². The van der Waals surface area contributed by atoms with E-state index in [0.717, 1.165) is 0 Å². The van der Waals surface area contributed by atoms with Crippen LogP contribution < -0.4 is 9.60 Å². The maximum absolute atomic E-state index is 11.9. The van der Waals surface area contributed by atoms with E-state index in [1.807, 2.05) is 6.07 Å². The summed E-state index contributed by atoms with van der Waals surface area (Å²) < 4.78 is 26.0. The predicted octanol–water partition coefficient (Wildman–Crippen LogP) is 0.573. The molecule has 0 saturated heterocycles. The summed E-state index contributed by atoms with van der Waals surface area (Å²) in [7, 11) is -3.73. The van der Waals surface area contributed by atoms with E-state index in [4.69, 9.17) is 5.26 Å². The monoisotopic (exact) mass is 275 g/mol. The molecule has 0 unspecified atom stereocenters. The van der Waals surface area contributed by atoms with Gasteiger partial charge in [0.2, 0.25) is 0 Å². The van der Waals surface area contributed by atoms with E-state index in [1.165, 1.54) is 6.92 Å². The molecule has 1 rings (SSSR count). The summed E-state index contributed by atoms with van der Waals surface area (Å²) in [6.45, 7) is 4.77. The van der Waals surface area contributed by atoms with Crippen molar-refractivity contribution >= 4 is 21.4 Å². The molecular weight excluding hydrogens is 262 g/mol. The van der Waals surface area contributed by atoms with E-state index in [2.05, 4.69) is 9.71 Å². The number of H-pyrrole nitrogens is 1. The van der Waals surface area contributed by atoms with Crippen LogP contribution >= 0.6 is 11.3 Å². The van der Waals surface area contributed by atoms with Gasteiger partial charge in [-0.05, 0) is 20.8 Å². The van der Waals surface area contributed by atoms with Crippen molar-refractivity contribution in [3.8, 4) is 6.07 Å². The molecule has 0 aliphatic rings. The molecular formula is C9H13N3O3S2. The van der Waals surface area contributed by atoms with E-state index in [0.29, 0.717) is 17.0 Å². The highest BCUT2D eigenvalue weighted by Gasteiger charge is 2.24. The molecule has 6 nitrogen and oxygen atoms in total. The largest absolute Gasteiger partial charge is 0.315 e. The highest BCUT2D eigenvalue weighted by atomic mass is 32.2. The number of aromatic nitrogens is 1. The average molecular weight is 275 g/mol. The fourth-order valence-electron chi connectivity index (χ4n) is 1.03. The second-order valence-electron chi connectivity index (χ2n) is 4.25. The van der Waals surface area contributed by atoms with E-state index >= 15 is 0 Å². The molecule has 0 aliphatic carbocycles. The van der Waals surface area contributed by atoms with Crippen molar-refractivity contribution in [2.45, 2.75) is 25.0 Å². The summed E-state index contributed by atoms with van der Waals surface area (Å²) in [4.78, 5) is 13.0. The Morgan fingerprint density at radius 1 is 1.53 bits per heavy atom. The summed E-state index contributed by atoms with van der Waals surface area (Å²) >= 11 is 0.635. The van der Waals surface area contributed by atoms with Crippen molar-refractivity contribution in [3.05, 3.63) is 15.4 Å². The number of aryl methyl sites for hydroxylation is 1. The lowest BCUT2D eigenvalue weighted by Gasteiger charge is -2.15. The third kappa shape index (κ3) is 3.39. The van der Waals surface area contributed by atoms with Crippen molar-refractivity contribution in [2.75, 3.05) is 6.54 Å². The van der Waals surface area contributed by atoms with Crippen LogP contribution in [0.1, 0.15) is 19.5 Å². The van der Waals surface area contributed by atoms with Crippen LogP contribution in [0.25, 0.3) is 0 Å². The van der Waals surface area contributed by atoms with E-state index in [-0.39, 0.29) is 10.8 Å². The Hall–Kier alpha value is -1.17. The van der Waals surface area contributed by atoms with Crippen molar-refractivity contribution in [2.24, 2.45) is 5.41 Å². The first-order valence-electron chi connectivity index (χ1n) is 4.78. The molecule has 0 amide bonds. The zero-order chi connectivity index (χ0) is 13.3. The smallest absolute Gasteiger partial charge is 0.305 e. The molecule has 94 valence electrons. The number of thiazole rings is 1. The van der Waals surface area contributed by atoms with E-state index in [9.17, 15) is 13.2 Å². The van der Waals surface area contributed by atoms with Crippen LogP contribution in [0.15, 0.2) is 9.00 Å². The van der Waals surface area contributed by atoms with Gasteiger partial charge in [-0.3, -0.25) is 4.79 Å². The first-order chi connectivity index (χ1) is 7.68. The number of nitrogens with one attached hydrogen (secondary N) is 2. The van der Waals surface area contributed by atoms with Gasteiger partial charge in [-0.1, -0.05) is 11.3 Å². The topological polar surface area (TPSA) is 103 Å². The number of sulfonamides is 1. The van der Waals surface area contributed by atoms with Gasteiger partial charge in [0, 0.05) is 12.2 Å². The molecule has 0 atom stereocenters. The SMILES string of the molecule is Cc1[nH]c(=O)sc1S(=O)(=O)NCC(C)(C)C#N. The number of hydrogen-bond donors (Lipinski definition) is 2. The Balaban J connectivity index is 2.96. The molecule has 0 spiro atoms. The molecule has 0 radical (unpaired) electrons. The molecule has 0 aliphatic heterocycles. The predicted molar refractivity (Wildman–Crippen MR) is 64.3 cm³/mol. The molecule has 0 fully saturated rings. The second-order valence-corrected chi connectivity index (χ2v) is 7.19. The Kier molecular flexibility index (Phi) is 3.76. The summed E-state index contributed by atoms with van der Waals surface area (Å²) in [6, 6.07) is 1.99. The number of rotatable bonds is 4. The first kappa shape index (κ1) is 13.9. The number of nitriles is 1. The van der Waals surface area contributed by atoms with Crippen molar-refractivity contribution in [1.82, 2.24) is 9.71 Å². The molecule has 0 aromatic carbocycles. The third-order valence-electron chi connectivity index (χ3n) is 2.03. The summed E-state index contributed by atoms with van der Waals surface area (Å²) in [6.07, 6.45) is 0. The molecule has 2 N–H and O–H groups in total. The van der Waals surface area contributed by atoms with Gasteiger partial charge in [-0.15, -0.1) is 0 Å². The molecule has 8 heteroatoms. The second kappa shape index (κ2) is 4.60. The van der Waals surface area contributed by atoms with Crippen molar-refractivity contribution in [3.63, 3.8) is 0 Å². The van der Waals surface area contributed by atoms with Crippen LogP contribution in [-0.2, 0) is 10.0 Å². The quantitative estimate of drug-likeness (QED) is 0.838. The van der Waals surface area contributed by atoms with Crippen molar-refractivity contribution < 1.29 is 8.42 Å². The zero-order valence-corrected chi connectivity index (χ0v) is 11.3. The number of nitrogens with zero attached hydrogens (tertiary/aromatic N) is 1. The average Bonchev–Trinajstić information content (AvgIpc) is 2.56. The molecule has 1 aromatic rings. The van der Waals surface area contributed by atoms with Crippen LogP contribution in [0.5, 0.6) is 0 Å². The van der Waals surface area contributed by atoms with Gasteiger partial charge in [0.15, 0.2) is 4.21 Å². The van der Waals surface area contributed by atoms with Crippen LogP contribution in [0, 0.1) is 23.7 Å². The summed E-state index contributed by atoms with van der Waals surface area (Å²) in [5.74, 6) is 0. The molecule has 17 heavy (non-hydrogen) atoms. The van der Waals surface area contributed by atoms with Crippen LogP contribution in [0.2, 0.25) is 0 Å². The maximum Gasteiger partial charge on any atom is 0.305 e. The standard InChI is InChI=1S/C9H13N3O3S2/c1-6-7(16-8(13)12-6)17(14,15)11-5-9(2,3)4-10/h11H,5H2,1-3H3,(H,12,13). The molecule has 1 aromatic heterocycles. The first-order valence-corrected chi connectivity index (χ1v) is 7.08. The summed E-state index contributed by atoms with van der Waals surface area (Å²) in [5.41, 5.74) is -0.482. The normalized spacial score (nSPS) is 12.4. The Bertz CT molecular complexity index is 604. The van der Waals surface area contributed by atoms with E-state index in [1.54, 1.807) is 13.8 Å². The maximum atomic E-state index is 11.9. The van der Waals surface area contributed by atoms with Crippen molar-refractivity contribution in [1.29, 1.82) is 5.26 Å². The fraction of sp³-hybridized carbons (Fsp3) is 0.556. The minimum absolute atomic E-state index is 0.00262. The molecule has 0 bridgehead atoms. The highest BCUT2D eigenvalue weighted by molar-refractivity contribution is 7.91. The minimum atomic E-state index is -3.73. The Morgan fingerprint density at radius 3 is 2.53 bits per heavy atom. The Morgan fingerprint density at radius 2 is 2.12 bits per heavy atom. The van der Waals surface area contributed by atoms with E-state index < -0.39 is 20.3 Å².